The number of nitrogens with zero attached hydrogens (tertiary/aromatic N) is 2. The second kappa shape index (κ2) is 9.60. The monoisotopic (exact) mass is 373 g/mol. The number of carbonyl (C=O) groups is 1. The molecule has 140 valence electrons. The molecule has 26 heavy (non-hydrogen) atoms. The van der Waals surface area contributed by atoms with Crippen molar-refractivity contribution in [3.05, 3.63) is 65.7 Å². The zero-order valence-electron chi connectivity index (χ0n) is 15.3. The van der Waals surface area contributed by atoms with Gasteiger partial charge in [0.05, 0.1) is 12.5 Å². The molecule has 2 aromatic rings. The van der Waals surface area contributed by atoms with Crippen LogP contribution < -0.4 is 5.73 Å². The molecule has 1 heterocycles. The summed E-state index contributed by atoms with van der Waals surface area (Å²) >= 11 is 0. The first-order chi connectivity index (χ1) is 12.1. The van der Waals surface area contributed by atoms with Gasteiger partial charge in [-0.3, -0.25) is 4.79 Å². The van der Waals surface area contributed by atoms with Crippen LogP contribution in [-0.4, -0.2) is 42.4 Å². The third-order valence-corrected chi connectivity index (χ3v) is 5.01. The van der Waals surface area contributed by atoms with E-state index in [2.05, 4.69) is 17.0 Å². The molecule has 2 N–H and O–H groups in total. The van der Waals surface area contributed by atoms with Gasteiger partial charge in [0.1, 0.15) is 0 Å². The molecule has 1 aliphatic heterocycles. The standard InChI is InChI=1S/C21H27N3O.ClH/c1-23(21(25)15-17-9-11-19(22)12-10-17)20(16-24-13-5-6-14-24)18-7-3-2-4-8-18;/h2-4,7-12,20H,5-6,13-16,22H2,1H3;1H/t20-;/m1./s1. The highest BCUT2D eigenvalue weighted by Crippen LogP contribution is 2.23. The summed E-state index contributed by atoms with van der Waals surface area (Å²) in [5, 5.41) is 0. The number of likely N-dealkylation sites (N-methyl/N-ethyl adjacent to an activating group) is 1. The minimum atomic E-state index is 0. The first kappa shape index (κ1) is 20.3. The van der Waals surface area contributed by atoms with Crippen molar-refractivity contribution in [3.8, 4) is 0 Å². The molecule has 3 rings (SSSR count). The van der Waals surface area contributed by atoms with Crippen molar-refractivity contribution >= 4 is 24.0 Å². The number of carbonyl (C=O) groups excluding carboxylic acids is 1. The van der Waals surface area contributed by atoms with Crippen LogP contribution in [0.25, 0.3) is 0 Å². The van der Waals surface area contributed by atoms with Crippen LogP contribution in [0, 0.1) is 0 Å². The van der Waals surface area contributed by atoms with E-state index < -0.39 is 0 Å². The first-order valence-electron chi connectivity index (χ1n) is 9.01. The van der Waals surface area contributed by atoms with Gasteiger partial charge in [0.15, 0.2) is 0 Å². The largest absolute Gasteiger partial charge is 0.399 e. The Labute approximate surface area is 162 Å². The SMILES string of the molecule is CN(C(=O)Cc1ccc(N)cc1)[C@H](CN1CCCC1)c1ccccc1.Cl. The van der Waals surface area contributed by atoms with Crippen LogP contribution in [0.1, 0.15) is 30.0 Å². The van der Waals surface area contributed by atoms with Gasteiger partial charge in [-0.25, -0.2) is 0 Å². The zero-order valence-corrected chi connectivity index (χ0v) is 16.1. The first-order valence-corrected chi connectivity index (χ1v) is 9.01. The van der Waals surface area contributed by atoms with Crippen LogP contribution >= 0.6 is 12.4 Å². The average Bonchev–Trinajstić information content (AvgIpc) is 3.15. The fraction of sp³-hybridized carbons (Fsp3) is 0.381. The second-order valence-corrected chi connectivity index (χ2v) is 6.86. The Balaban J connectivity index is 0.00000243. The number of nitrogen functional groups attached to an aromatic ring is 1. The smallest absolute Gasteiger partial charge is 0.227 e. The van der Waals surface area contributed by atoms with Crippen LogP contribution in [0.2, 0.25) is 0 Å². The Hall–Kier alpha value is -2.04. The summed E-state index contributed by atoms with van der Waals surface area (Å²) < 4.78 is 0. The van der Waals surface area contributed by atoms with Gasteiger partial charge >= 0.3 is 0 Å². The molecule has 0 unspecified atom stereocenters. The molecule has 2 aromatic carbocycles. The summed E-state index contributed by atoms with van der Waals surface area (Å²) in [5.74, 6) is 0.137. The van der Waals surface area contributed by atoms with Crippen molar-refractivity contribution < 1.29 is 4.79 Å². The number of halogens is 1. The van der Waals surface area contributed by atoms with Crippen molar-refractivity contribution in [1.82, 2.24) is 9.80 Å². The third-order valence-electron chi connectivity index (χ3n) is 5.01. The van der Waals surface area contributed by atoms with E-state index in [0.717, 1.165) is 30.9 Å². The van der Waals surface area contributed by atoms with E-state index in [1.807, 2.05) is 54.4 Å². The Morgan fingerprint density at radius 3 is 2.31 bits per heavy atom. The Morgan fingerprint density at radius 2 is 1.69 bits per heavy atom. The van der Waals surface area contributed by atoms with Gasteiger partial charge in [0.25, 0.3) is 0 Å². The lowest BCUT2D eigenvalue weighted by atomic mass is 10.0. The predicted octanol–water partition coefficient (Wildman–Crippen LogP) is 3.53. The Kier molecular flexibility index (Phi) is 7.49. The summed E-state index contributed by atoms with van der Waals surface area (Å²) in [5.41, 5.74) is 8.65. The minimum Gasteiger partial charge on any atom is -0.399 e. The molecule has 0 radical (unpaired) electrons. The molecule has 5 heteroatoms. The number of anilines is 1. The van der Waals surface area contributed by atoms with E-state index in [9.17, 15) is 4.79 Å². The van der Waals surface area contributed by atoms with Gasteiger partial charge in [-0.15, -0.1) is 12.4 Å². The summed E-state index contributed by atoms with van der Waals surface area (Å²) in [6.07, 6.45) is 2.91. The van der Waals surface area contributed by atoms with Crippen molar-refractivity contribution in [3.63, 3.8) is 0 Å². The van der Waals surface area contributed by atoms with Crippen LogP contribution in [0.4, 0.5) is 5.69 Å². The number of rotatable bonds is 6. The van der Waals surface area contributed by atoms with Crippen molar-refractivity contribution in [1.29, 1.82) is 0 Å². The lowest BCUT2D eigenvalue weighted by Gasteiger charge is -2.32. The molecule has 0 aliphatic carbocycles. The van der Waals surface area contributed by atoms with Crippen LogP contribution in [0.3, 0.4) is 0 Å². The zero-order chi connectivity index (χ0) is 17.6. The number of likely N-dealkylation sites (tertiary alicyclic amines) is 1. The minimum absolute atomic E-state index is 0. The average molecular weight is 374 g/mol. The summed E-state index contributed by atoms with van der Waals surface area (Å²) in [4.78, 5) is 17.2. The number of benzene rings is 2. The molecule has 0 spiro atoms. The van der Waals surface area contributed by atoms with Crippen LogP contribution in [0.5, 0.6) is 0 Å². The van der Waals surface area contributed by atoms with Crippen LogP contribution in [0.15, 0.2) is 54.6 Å². The van der Waals surface area contributed by atoms with Gasteiger partial charge in [-0.1, -0.05) is 42.5 Å². The number of hydrogen-bond donors (Lipinski definition) is 1. The van der Waals surface area contributed by atoms with E-state index in [4.69, 9.17) is 5.73 Å². The molecule has 0 saturated carbocycles. The third kappa shape index (κ3) is 5.23. The molecule has 1 atom stereocenters. The summed E-state index contributed by atoms with van der Waals surface area (Å²) in [6, 6.07) is 18.0. The van der Waals surface area contributed by atoms with Crippen molar-refractivity contribution in [2.75, 3.05) is 32.4 Å². The fourth-order valence-corrected chi connectivity index (χ4v) is 3.45. The van der Waals surface area contributed by atoms with Gasteiger partial charge in [-0.05, 0) is 49.2 Å². The maximum atomic E-state index is 12.9. The molecule has 0 aromatic heterocycles. The maximum absolute atomic E-state index is 12.9. The van der Waals surface area contributed by atoms with Gasteiger partial charge in [-0.2, -0.15) is 0 Å². The molecule has 0 bridgehead atoms. The predicted molar refractivity (Wildman–Crippen MR) is 109 cm³/mol. The Bertz CT molecular complexity index is 684. The lowest BCUT2D eigenvalue weighted by Crippen LogP contribution is -2.39. The lowest BCUT2D eigenvalue weighted by molar-refractivity contribution is -0.131. The van der Waals surface area contributed by atoms with E-state index >= 15 is 0 Å². The molecular weight excluding hydrogens is 346 g/mol. The molecular formula is C21H28ClN3O. The number of amides is 1. The topological polar surface area (TPSA) is 49.6 Å². The quantitative estimate of drug-likeness (QED) is 0.788. The molecule has 1 saturated heterocycles. The van der Waals surface area contributed by atoms with Crippen molar-refractivity contribution in [2.45, 2.75) is 25.3 Å². The van der Waals surface area contributed by atoms with Gasteiger partial charge in [0.2, 0.25) is 5.91 Å². The highest BCUT2D eigenvalue weighted by atomic mass is 35.5. The van der Waals surface area contributed by atoms with Crippen molar-refractivity contribution in [2.24, 2.45) is 0 Å². The number of nitrogens with two attached hydrogens (primary N) is 1. The van der Waals surface area contributed by atoms with E-state index in [1.54, 1.807) is 0 Å². The van der Waals surface area contributed by atoms with Crippen LogP contribution in [-0.2, 0) is 11.2 Å². The maximum Gasteiger partial charge on any atom is 0.227 e. The van der Waals surface area contributed by atoms with E-state index in [1.165, 1.54) is 18.4 Å². The van der Waals surface area contributed by atoms with E-state index in [-0.39, 0.29) is 24.4 Å². The summed E-state index contributed by atoms with van der Waals surface area (Å²) in [7, 11) is 1.92. The molecule has 1 aliphatic rings. The highest BCUT2D eigenvalue weighted by molar-refractivity contribution is 5.85. The highest BCUT2D eigenvalue weighted by Gasteiger charge is 2.25. The molecule has 1 fully saturated rings. The fourth-order valence-electron chi connectivity index (χ4n) is 3.45. The normalized spacial score (nSPS) is 15.3. The van der Waals surface area contributed by atoms with Gasteiger partial charge in [0, 0.05) is 19.3 Å². The molecule has 1 amide bonds. The number of hydrogen-bond acceptors (Lipinski definition) is 3. The summed E-state index contributed by atoms with van der Waals surface area (Å²) in [6.45, 7) is 3.15. The molecule has 4 nitrogen and oxygen atoms in total. The van der Waals surface area contributed by atoms with E-state index in [0.29, 0.717) is 6.42 Å². The van der Waals surface area contributed by atoms with Gasteiger partial charge < -0.3 is 15.5 Å². The Morgan fingerprint density at radius 1 is 1.08 bits per heavy atom. The second-order valence-electron chi connectivity index (χ2n) is 6.86.